The second-order valence-electron chi connectivity index (χ2n) is 14.8. The maximum atomic E-state index is 6.84. The first-order valence-corrected chi connectivity index (χ1v) is 19.5. The van der Waals surface area contributed by atoms with Gasteiger partial charge in [-0.1, -0.05) is 146 Å². The number of hydrogen-bond acceptors (Lipinski definition) is 4. The van der Waals surface area contributed by atoms with Gasteiger partial charge in [0, 0.05) is 50.2 Å². The molecule has 270 valence electrons. The molecule has 5 nitrogen and oxygen atoms in total. The van der Waals surface area contributed by atoms with Gasteiger partial charge in [0.05, 0.1) is 11.0 Å². The molecule has 0 unspecified atom stereocenters. The van der Waals surface area contributed by atoms with Gasteiger partial charge in [0.25, 0.3) is 0 Å². The Labute approximate surface area is 334 Å². The molecule has 2 aromatic heterocycles. The van der Waals surface area contributed by atoms with Crippen molar-refractivity contribution in [2.75, 3.05) is 0 Å². The summed E-state index contributed by atoms with van der Waals surface area (Å²) >= 11 is 0. The monoisotopic (exact) mass is 740 g/mol. The van der Waals surface area contributed by atoms with Crippen molar-refractivity contribution in [2.45, 2.75) is 0 Å². The zero-order chi connectivity index (χ0) is 38.2. The third-order valence-electron chi connectivity index (χ3n) is 11.4. The summed E-state index contributed by atoms with van der Waals surface area (Å²) in [7, 11) is 0. The molecule has 0 amide bonds. The summed E-state index contributed by atoms with van der Waals surface area (Å²) in [5.41, 5.74) is 10.6. The number of hydrogen-bond donors (Lipinski definition) is 0. The molecular weight excluding hydrogens is 709 g/mol. The number of nitrogens with zero attached hydrogens (tertiary/aromatic N) is 4. The molecule has 0 fully saturated rings. The molecular formula is C53H32N4O. The summed E-state index contributed by atoms with van der Waals surface area (Å²) in [4.78, 5) is 15.3. The van der Waals surface area contributed by atoms with Crippen LogP contribution in [0.4, 0.5) is 0 Å². The van der Waals surface area contributed by atoms with Crippen LogP contribution in [0.15, 0.2) is 194 Å². The van der Waals surface area contributed by atoms with Crippen LogP contribution in [0, 0.1) is 0 Å². The first-order chi connectivity index (χ1) is 28.7. The van der Waals surface area contributed by atoms with Gasteiger partial charge in [-0.3, -0.25) is 0 Å². The van der Waals surface area contributed by atoms with Crippen molar-refractivity contribution >= 4 is 43.4 Å². The molecule has 9 aromatic carbocycles. The standard InChI is InChI=1S/C53H32N4O/c1-3-12-33(13-4-1)34-22-24-36(25-23-34)52-54-51(35-14-5-2-6-15-35)55-53(56-52)44-28-29-48-50-42(19-11-20-43(44)50)41-27-26-39(32-49(41)58-48)57-46-21-10-9-18-40(46)45-30-37-16-7-8-17-38(37)31-47(45)57/h1-32H. The van der Waals surface area contributed by atoms with E-state index in [9.17, 15) is 0 Å². The smallest absolute Gasteiger partial charge is 0.164 e. The fraction of sp³-hybridized carbons (Fsp3) is 0. The predicted molar refractivity (Wildman–Crippen MR) is 236 cm³/mol. The van der Waals surface area contributed by atoms with Gasteiger partial charge in [0.2, 0.25) is 0 Å². The molecule has 1 aliphatic rings. The van der Waals surface area contributed by atoms with Gasteiger partial charge in [-0.25, -0.2) is 15.0 Å². The van der Waals surface area contributed by atoms with E-state index in [2.05, 4.69) is 162 Å². The van der Waals surface area contributed by atoms with Gasteiger partial charge in [-0.15, -0.1) is 0 Å². The lowest BCUT2D eigenvalue weighted by molar-refractivity contribution is 0.487. The van der Waals surface area contributed by atoms with Crippen LogP contribution in [-0.4, -0.2) is 19.5 Å². The van der Waals surface area contributed by atoms with E-state index in [-0.39, 0.29) is 0 Å². The molecule has 0 bridgehead atoms. The summed E-state index contributed by atoms with van der Waals surface area (Å²) in [6.45, 7) is 0. The van der Waals surface area contributed by atoms with E-state index >= 15 is 0 Å². The predicted octanol–water partition coefficient (Wildman–Crippen LogP) is 13.7. The molecule has 58 heavy (non-hydrogen) atoms. The molecule has 5 heteroatoms. The number of fused-ring (bicyclic) bond motifs is 6. The minimum absolute atomic E-state index is 0.611. The maximum absolute atomic E-state index is 6.84. The van der Waals surface area contributed by atoms with Crippen molar-refractivity contribution in [3.63, 3.8) is 0 Å². The molecule has 3 heterocycles. The van der Waals surface area contributed by atoms with Gasteiger partial charge in [0.1, 0.15) is 11.5 Å². The summed E-state index contributed by atoms with van der Waals surface area (Å²) in [5.74, 6) is 3.49. The fourth-order valence-electron chi connectivity index (χ4n) is 8.67. The lowest BCUT2D eigenvalue weighted by Crippen LogP contribution is -2.03. The Balaban J connectivity index is 0.991. The van der Waals surface area contributed by atoms with Gasteiger partial charge >= 0.3 is 0 Å². The average molecular weight is 741 g/mol. The van der Waals surface area contributed by atoms with Crippen LogP contribution in [0.3, 0.4) is 0 Å². The van der Waals surface area contributed by atoms with Crippen molar-refractivity contribution < 1.29 is 4.74 Å². The van der Waals surface area contributed by atoms with E-state index in [4.69, 9.17) is 19.7 Å². The van der Waals surface area contributed by atoms with Crippen molar-refractivity contribution in [2.24, 2.45) is 0 Å². The second kappa shape index (κ2) is 12.8. The SMILES string of the molecule is c1ccc(-c2ccc(-c3nc(-c4ccccc4)nc(-c4ccc5c6c(cccc46)-c4ccc(-n6c7ccccc7c7cc8ccccc8cc76)cc4O5)n3)cc2)cc1. The van der Waals surface area contributed by atoms with E-state index in [0.717, 1.165) is 66.9 Å². The highest BCUT2D eigenvalue weighted by Gasteiger charge is 2.24. The summed E-state index contributed by atoms with van der Waals surface area (Å²) < 4.78 is 9.20. The minimum Gasteiger partial charge on any atom is -0.456 e. The van der Waals surface area contributed by atoms with Crippen LogP contribution >= 0.6 is 0 Å². The van der Waals surface area contributed by atoms with Crippen LogP contribution in [0.25, 0.3) is 105 Å². The molecule has 0 atom stereocenters. The Morgan fingerprint density at radius 2 is 0.948 bits per heavy atom. The highest BCUT2D eigenvalue weighted by atomic mass is 16.5. The van der Waals surface area contributed by atoms with Crippen LogP contribution < -0.4 is 4.74 Å². The average Bonchev–Trinajstić information content (AvgIpc) is 3.61. The van der Waals surface area contributed by atoms with Crippen LogP contribution in [0.5, 0.6) is 11.5 Å². The van der Waals surface area contributed by atoms with Gasteiger partial charge < -0.3 is 9.30 Å². The fourth-order valence-corrected chi connectivity index (χ4v) is 8.67. The topological polar surface area (TPSA) is 52.8 Å². The van der Waals surface area contributed by atoms with E-state index in [1.54, 1.807) is 0 Å². The number of benzene rings is 9. The van der Waals surface area contributed by atoms with Crippen molar-refractivity contribution in [1.29, 1.82) is 0 Å². The molecule has 1 aliphatic heterocycles. The normalized spacial score (nSPS) is 11.9. The molecule has 0 spiro atoms. The van der Waals surface area contributed by atoms with Crippen molar-refractivity contribution in [1.82, 2.24) is 19.5 Å². The maximum Gasteiger partial charge on any atom is 0.164 e. The van der Waals surface area contributed by atoms with Gasteiger partial charge in [0.15, 0.2) is 17.5 Å². The molecule has 0 N–H and O–H groups in total. The first kappa shape index (κ1) is 32.4. The molecule has 11 aromatic rings. The number of para-hydroxylation sites is 1. The van der Waals surface area contributed by atoms with Gasteiger partial charge in [-0.2, -0.15) is 0 Å². The highest BCUT2D eigenvalue weighted by molar-refractivity contribution is 6.14. The first-order valence-electron chi connectivity index (χ1n) is 19.5. The highest BCUT2D eigenvalue weighted by Crippen LogP contribution is 2.49. The third-order valence-corrected chi connectivity index (χ3v) is 11.4. The lowest BCUT2D eigenvalue weighted by atomic mass is 9.92. The van der Waals surface area contributed by atoms with Crippen molar-refractivity contribution in [3.05, 3.63) is 194 Å². The Morgan fingerprint density at radius 3 is 1.74 bits per heavy atom. The van der Waals surface area contributed by atoms with E-state index < -0.39 is 0 Å². The minimum atomic E-state index is 0.611. The van der Waals surface area contributed by atoms with Crippen LogP contribution in [-0.2, 0) is 0 Å². The summed E-state index contributed by atoms with van der Waals surface area (Å²) in [6.07, 6.45) is 0. The largest absolute Gasteiger partial charge is 0.456 e. The van der Waals surface area contributed by atoms with Crippen molar-refractivity contribution in [3.8, 4) is 73.6 Å². The third kappa shape index (κ3) is 5.14. The molecule has 0 saturated heterocycles. The Morgan fingerprint density at radius 1 is 0.345 bits per heavy atom. The lowest BCUT2D eigenvalue weighted by Gasteiger charge is -2.23. The molecule has 0 aliphatic carbocycles. The van der Waals surface area contributed by atoms with Crippen LogP contribution in [0.2, 0.25) is 0 Å². The van der Waals surface area contributed by atoms with E-state index in [1.807, 2.05) is 36.4 Å². The Hall–Kier alpha value is -7.89. The zero-order valence-electron chi connectivity index (χ0n) is 31.2. The number of ether oxygens (including phenoxy) is 1. The quantitative estimate of drug-likeness (QED) is 0.176. The van der Waals surface area contributed by atoms with Crippen LogP contribution in [0.1, 0.15) is 0 Å². The van der Waals surface area contributed by atoms with Gasteiger partial charge in [-0.05, 0) is 75.3 Å². The Bertz CT molecular complexity index is 3410. The second-order valence-corrected chi connectivity index (χ2v) is 14.8. The summed E-state index contributed by atoms with van der Waals surface area (Å²) in [5, 5.41) is 6.97. The summed E-state index contributed by atoms with van der Waals surface area (Å²) in [6, 6.07) is 68.0. The van der Waals surface area contributed by atoms with E-state index in [1.165, 1.54) is 32.6 Å². The molecule has 0 saturated carbocycles. The van der Waals surface area contributed by atoms with E-state index in [0.29, 0.717) is 17.5 Å². The number of rotatable bonds is 5. The molecule has 12 rings (SSSR count). The zero-order valence-corrected chi connectivity index (χ0v) is 31.2. The molecule has 0 radical (unpaired) electrons. The number of aromatic nitrogens is 4. The Kier molecular flexibility index (Phi) is 7.16.